The Balaban J connectivity index is 1.64. The molecule has 1 aliphatic rings. The summed E-state index contributed by atoms with van der Waals surface area (Å²) in [6, 6.07) is 5.69. The largest absolute Gasteiger partial charge is 0.353 e. The van der Waals surface area contributed by atoms with Crippen molar-refractivity contribution < 1.29 is 4.79 Å². The molecule has 23 heavy (non-hydrogen) atoms. The third-order valence-electron chi connectivity index (χ3n) is 4.39. The van der Waals surface area contributed by atoms with Gasteiger partial charge in [-0.25, -0.2) is 4.98 Å². The molecule has 122 valence electrons. The Kier molecular flexibility index (Phi) is 4.60. The minimum atomic E-state index is -0.201. The van der Waals surface area contributed by atoms with Crippen molar-refractivity contribution in [1.29, 1.82) is 0 Å². The van der Waals surface area contributed by atoms with E-state index in [4.69, 9.17) is 0 Å². The van der Waals surface area contributed by atoms with E-state index >= 15 is 0 Å². The zero-order chi connectivity index (χ0) is 16.2. The minimum Gasteiger partial charge on any atom is -0.353 e. The molecule has 0 bridgehead atoms. The lowest BCUT2D eigenvalue weighted by atomic mass is 10.1. The van der Waals surface area contributed by atoms with Crippen LogP contribution in [0.25, 0.3) is 0 Å². The molecule has 1 saturated heterocycles. The van der Waals surface area contributed by atoms with Crippen molar-refractivity contribution >= 4 is 11.7 Å². The molecule has 0 N–H and O–H groups in total. The van der Waals surface area contributed by atoms with E-state index in [0.29, 0.717) is 0 Å². The highest BCUT2D eigenvalue weighted by Crippen LogP contribution is 2.20. The van der Waals surface area contributed by atoms with Crippen molar-refractivity contribution in [1.82, 2.24) is 19.7 Å². The smallest absolute Gasteiger partial charge is 0.247 e. The second-order valence-corrected chi connectivity index (χ2v) is 5.87. The van der Waals surface area contributed by atoms with E-state index in [0.717, 1.165) is 38.4 Å². The van der Waals surface area contributed by atoms with Gasteiger partial charge in [0.2, 0.25) is 5.91 Å². The van der Waals surface area contributed by atoms with Crippen LogP contribution >= 0.6 is 0 Å². The zero-order valence-corrected chi connectivity index (χ0v) is 13.7. The van der Waals surface area contributed by atoms with Crippen LogP contribution in [-0.2, 0) is 4.79 Å². The number of hydrogen-bond donors (Lipinski definition) is 0. The van der Waals surface area contributed by atoms with Crippen molar-refractivity contribution in [3.05, 3.63) is 42.4 Å². The Hall–Kier alpha value is -2.37. The second-order valence-electron chi connectivity index (χ2n) is 5.87. The fourth-order valence-electron chi connectivity index (χ4n) is 3.10. The van der Waals surface area contributed by atoms with Crippen LogP contribution in [0.1, 0.15) is 24.9 Å². The lowest BCUT2D eigenvalue weighted by molar-refractivity contribution is -0.135. The Labute approximate surface area is 136 Å². The van der Waals surface area contributed by atoms with Crippen molar-refractivity contribution in [2.24, 2.45) is 0 Å². The van der Waals surface area contributed by atoms with Gasteiger partial charge >= 0.3 is 0 Å². The van der Waals surface area contributed by atoms with Gasteiger partial charge in [-0.05, 0) is 31.0 Å². The maximum atomic E-state index is 12.8. The molecule has 0 saturated carbocycles. The summed E-state index contributed by atoms with van der Waals surface area (Å²) < 4.78 is 1.76. The highest BCUT2D eigenvalue weighted by molar-refractivity contribution is 5.80. The van der Waals surface area contributed by atoms with Crippen molar-refractivity contribution in [3.63, 3.8) is 0 Å². The molecule has 3 heterocycles. The predicted octanol–water partition coefficient (Wildman–Crippen LogP) is 1.89. The van der Waals surface area contributed by atoms with Crippen molar-refractivity contribution in [3.8, 4) is 0 Å². The number of hydrogen-bond acceptors (Lipinski definition) is 4. The third-order valence-corrected chi connectivity index (χ3v) is 4.39. The molecule has 2 aromatic rings. The molecule has 0 spiro atoms. The Morgan fingerprint density at radius 1 is 1.22 bits per heavy atom. The van der Waals surface area contributed by atoms with E-state index in [1.54, 1.807) is 10.9 Å². The van der Waals surface area contributed by atoms with Crippen LogP contribution in [-0.4, -0.2) is 51.8 Å². The number of rotatable bonds is 4. The number of pyridine rings is 1. The number of aryl methyl sites for hydroxylation is 1. The van der Waals surface area contributed by atoms with Crippen LogP contribution in [0, 0.1) is 6.92 Å². The first-order valence-corrected chi connectivity index (χ1v) is 8.15. The molecule has 2 aromatic heterocycles. The van der Waals surface area contributed by atoms with E-state index in [2.05, 4.69) is 28.0 Å². The number of carbonyl (C=O) groups excluding carboxylic acids is 1. The Bertz CT molecular complexity index is 647. The molecule has 6 nitrogen and oxygen atoms in total. The molecular formula is C17H23N5O. The molecule has 0 aliphatic carbocycles. The van der Waals surface area contributed by atoms with Crippen LogP contribution in [0.2, 0.25) is 0 Å². The number of carbonyl (C=O) groups is 1. The van der Waals surface area contributed by atoms with Crippen LogP contribution in [0.4, 0.5) is 5.82 Å². The molecular weight excluding hydrogens is 290 g/mol. The lowest BCUT2D eigenvalue weighted by Gasteiger charge is -2.37. The number of nitrogens with zero attached hydrogens (tertiary/aromatic N) is 5. The fourth-order valence-corrected chi connectivity index (χ4v) is 3.10. The van der Waals surface area contributed by atoms with Gasteiger partial charge in [0.05, 0.1) is 0 Å². The first-order chi connectivity index (χ1) is 11.2. The van der Waals surface area contributed by atoms with Crippen LogP contribution in [0.15, 0.2) is 36.8 Å². The normalized spacial score (nSPS) is 16.4. The molecule has 1 amide bonds. The van der Waals surface area contributed by atoms with E-state index in [1.807, 2.05) is 36.4 Å². The molecule has 3 rings (SSSR count). The molecule has 1 aliphatic heterocycles. The summed E-state index contributed by atoms with van der Waals surface area (Å²) in [7, 11) is 0. The van der Waals surface area contributed by atoms with E-state index in [-0.39, 0.29) is 11.9 Å². The van der Waals surface area contributed by atoms with Gasteiger partial charge in [0.1, 0.15) is 11.9 Å². The number of amides is 1. The van der Waals surface area contributed by atoms with E-state index in [9.17, 15) is 4.79 Å². The summed E-state index contributed by atoms with van der Waals surface area (Å²) in [6.07, 6.45) is 6.15. The van der Waals surface area contributed by atoms with E-state index in [1.165, 1.54) is 5.56 Å². The van der Waals surface area contributed by atoms with Gasteiger partial charge < -0.3 is 9.80 Å². The number of piperazine rings is 1. The third kappa shape index (κ3) is 3.21. The maximum absolute atomic E-state index is 12.8. The van der Waals surface area contributed by atoms with Gasteiger partial charge in [-0.3, -0.25) is 9.48 Å². The zero-order valence-electron chi connectivity index (χ0n) is 13.7. The van der Waals surface area contributed by atoms with Gasteiger partial charge in [0.25, 0.3) is 0 Å². The first kappa shape index (κ1) is 15.5. The quantitative estimate of drug-likeness (QED) is 0.865. The van der Waals surface area contributed by atoms with Gasteiger partial charge in [-0.2, -0.15) is 5.10 Å². The fraction of sp³-hybridized carbons (Fsp3) is 0.471. The SMILES string of the molecule is CCC(C(=O)N1CCN(c2ncccc2C)CC1)n1cccn1. The second kappa shape index (κ2) is 6.81. The summed E-state index contributed by atoms with van der Waals surface area (Å²) in [6.45, 7) is 7.19. The average Bonchev–Trinajstić information content (AvgIpc) is 3.10. The van der Waals surface area contributed by atoms with Gasteiger partial charge in [0.15, 0.2) is 0 Å². The van der Waals surface area contributed by atoms with Crippen molar-refractivity contribution in [2.75, 3.05) is 31.1 Å². The first-order valence-electron chi connectivity index (χ1n) is 8.15. The summed E-state index contributed by atoms with van der Waals surface area (Å²) in [4.78, 5) is 21.4. The number of anilines is 1. The van der Waals surface area contributed by atoms with Crippen LogP contribution in [0.5, 0.6) is 0 Å². The molecule has 0 radical (unpaired) electrons. The standard InChI is InChI=1S/C17H23N5O/c1-3-15(22-9-5-8-19-22)17(23)21-12-10-20(11-13-21)16-14(2)6-4-7-18-16/h4-9,15H,3,10-13H2,1-2H3. The minimum absolute atomic E-state index is 0.161. The Morgan fingerprint density at radius 2 is 2.00 bits per heavy atom. The summed E-state index contributed by atoms with van der Waals surface area (Å²) in [5.41, 5.74) is 1.18. The predicted molar refractivity (Wildman–Crippen MR) is 89.3 cm³/mol. The highest BCUT2D eigenvalue weighted by Gasteiger charge is 2.28. The topological polar surface area (TPSA) is 54.3 Å². The van der Waals surface area contributed by atoms with Crippen LogP contribution < -0.4 is 4.90 Å². The summed E-state index contributed by atoms with van der Waals surface area (Å²) in [5.74, 6) is 1.19. The summed E-state index contributed by atoms with van der Waals surface area (Å²) >= 11 is 0. The highest BCUT2D eigenvalue weighted by atomic mass is 16.2. The molecule has 1 unspecified atom stereocenters. The van der Waals surface area contributed by atoms with Crippen molar-refractivity contribution in [2.45, 2.75) is 26.3 Å². The lowest BCUT2D eigenvalue weighted by Crippen LogP contribution is -2.51. The molecule has 1 fully saturated rings. The summed E-state index contributed by atoms with van der Waals surface area (Å²) in [5, 5.41) is 4.23. The average molecular weight is 313 g/mol. The maximum Gasteiger partial charge on any atom is 0.247 e. The molecule has 1 atom stereocenters. The Morgan fingerprint density at radius 3 is 2.61 bits per heavy atom. The van der Waals surface area contributed by atoms with Gasteiger partial charge in [-0.15, -0.1) is 0 Å². The monoisotopic (exact) mass is 313 g/mol. The number of aromatic nitrogens is 3. The molecule has 0 aromatic carbocycles. The van der Waals surface area contributed by atoms with E-state index < -0.39 is 0 Å². The van der Waals surface area contributed by atoms with Crippen LogP contribution in [0.3, 0.4) is 0 Å². The van der Waals surface area contributed by atoms with Gasteiger partial charge in [-0.1, -0.05) is 13.0 Å². The molecule has 6 heteroatoms. The van der Waals surface area contributed by atoms with Gasteiger partial charge in [0, 0.05) is 44.8 Å².